The number of thiazole rings is 2. The first-order valence-corrected chi connectivity index (χ1v) is 43.1. The Morgan fingerprint density at radius 3 is 0.706 bits per heavy atom. The van der Waals surface area contributed by atoms with Gasteiger partial charge in [0, 0.05) is 23.3 Å². The van der Waals surface area contributed by atoms with Gasteiger partial charge in [-0.05, 0) is 111 Å². The van der Waals surface area contributed by atoms with Crippen molar-refractivity contribution in [1.29, 1.82) is 0 Å². The number of unbranched alkanes of at least 4 members (excludes halogenated alkanes) is 44. The molecule has 0 saturated heterocycles. The van der Waals surface area contributed by atoms with Gasteiger partial charge in [0.2, 0.25) is 0 Å². The number of rotatable bonds is 62. The van der Waals surface area contributed by atoms with Gasteiger partial charge >= 0.3 is 11.9 Å². The van der Waals surface area contributed by atoms with Gasteiger partial charge in [-0.15, -0.1) is 22.7 Å². The minimum absolute atomic E-state index is 0.402. The molecule has 0 radical (unpaired) electrons. The Morgan fingerprint density at radius 2 is 0.480 bits per heavy atom. The van der Waals surface area contributed by atoms with Crippen LogP contribution in [0.1, 0.15) is 357 Å². The summed E-state index contributed by atoms with van der Waals surface area (Å²) in [4.78, 5) is 37.9. The lowest BCUT2D eigenvalue weighted by Gasteiger charge is -2.13. The smallest absolute Gasteiger partial charge is 0.343 e. The molecular weight excluding hydrogens is 1300 g/mol. The van der Waals surface area contributed by atoms with E-state index in [0.29, 0.717) is 72.1 Å². The predicted molar refractivity (Wildman–Crippen MR) is 433 cm³/mol. The molecule has 0 aliphatic heterocycles. The number of benzene rings is 5. The molecule has 0 bridgehead atoms. The molecule has 0 saturated carbocycles. The van der Waals surface area contributed by atoms with E-state index in [2.05, 4.69) is 39.8 Å². The second kappa shape index (κ2) is 52.9. The highest BCUT2D eigenvalue weighted by Gasteiger charge is 2.18. The van der Waals surface area contributed by atoms with Crippen LogP contribution in [0.4, 0.5) is 0 Å². The van der Waals surface area contributed by atoms with Crippen molar-refractivity contribution in [3.05, 3.63) is 108 Å². The monoisotopic (exact) mass is 1430 g/mol. The molecular formula is C90H132N2O8S2. The molecule has 0 aliphatic carbocycles. The lowest BCUT2D eigenvalue weighted by molar-refractivity contribution is 0.0724. The number of hydrogen-bond donors (Lipinski definition) is 0. The lowest BCUT2D eigenvalue weighted by Crippen LogP contribution is -2.10. The largest absolute Gasteiger partial charge is 0.493 e. The summed E-state index contributed by atoms with van der Waals surface area (Å²) in [6.45, 7) is 11.5. The molecule has 12 heteroatoms. The Bertz CT molecular complexity index is 2960. The fourth-order valence-corrected chi connectivity index (χ4v) is 15.5. The summed E-state index contributed by atoms with van der Waals surface area (Å²) in [7, 11) is 0. The van der Waals surface area contributed by atoms with Crippen LogP contribution in [-0.2, 0) is 0 Å². The maximum absolute atomic E-state index is 13.9. The second-order valence-corrected chi connectivity index (χ2v) is 31.1. The van der Waals surface area contributed by atoms with Crippen LogP contribution < -0.4 is 28.4 Å². The standard InChI is InChI=1S/C90H132N2O8S2/c1-5-9-13-17-21-25-29-33-37-41-45-49-61-95-79-65-75(66-80(69-79)96-62-50-46-42-38-34-30-26-22-18-14-10-6-2)89(93)99-77-57-53-73(54-58-77)87-91-83-71-86-84(72-85(83)101-87)92-88(102-86)74-55-59-78(60-56-74)100-90(94)76-67-81(97-63-51-47-43-39-35-31-27-23-19-15-11-7-3)70-82(68-76)98-64-52-48-44-40-36-32-28-24-20-16-12-8-4/h53-60,65-72H,5-52,61-64H2,1-4H3. The summed E-state index contributed by atoms with van der Waals surface area (Å²) in [5.74, 6) is 2.51. The average Bonchev–Trinajstić information content (AvgIpc) is 1.63. The average molecular weight is 1430 g/mol. The zero-order valence-corrected chi connectivity index (χ0v) is 65.6. The van der Waals surface area contributed by atoms with Gasteiger partial charge in [0.05, 0.1) is 58.0 Å². The first-order valence-electron chi connectivity index (χ1n) is 41.5. The van der Waals surface area contributed by atoms with Crippen LogP contribution in [0.5, 0.6) is 34.5 Å². The maximum atomic E-state index is 13.9. The fourth-order valence-electron chi connectivity index (χ4n) is 13.5. The van der Waals surface area contributed by atoms with Gasteiger partial charge < -0.3 is 28.4 Å². The Morgan fingerprint density at radius 1 is 0.265 bits per heavy atom. The van der Waals surface area contributed by atoms with E-state index in [1.165, 1.54) is 257 Å². The molecule has 7 aromatic rings. The third-order valence-electron chi connectivity index (χ3n) is 19.8. The quantitative estimate of drug-likeness (QED) is 0.0207. The molecule has 2 aromatic heterocycles. The highest BCUT2D eigenvalue weighted by molar-refractivity contribution is 7.23. The summed E-state index contributed by atoms with van der Waals surface area (Å²) >= 11 is 3.21. The molecule has 2 heterocycles. The molecule has 0 spiro atoms. The molecule has 5 aromatic carbocycles. The third-order valence-corrected chi connectivity index (χ3v) is 22.0. The zero-order chi connectivity index (χ0) is 71.5. The summed E-state index contributed by atoms with van der Waals surface area (Å²) < 4.78 is 39.3. The van der Waals surface area contributed by atoms with Crippen molar-refractivity contribution in [2.24, 2.45) is 0 Å². The van der Waals surface area contributed by atoms with E-state index < -0.39 is 11.9 Å². The first kappa shape index (κ1) is 83.3. The Kier molecular flexibility index (Phi) is 43.2. The molecule has 102 heavy (non-hydrogen) atoms. The number of aromatic nitrogens is 2. The topological polar surface area (TPSA) is 115 Å². The molecule has 0 amide bonds. The molecule has 0 fully saturated rings. The number of nitrogens with zero attached hydrogens (tertiary/aromatic N) is 2. The SMILES string of the molecule is CCCCCCCCCCCCCCOc1cc(OCCCCCCCCCCCCCC)cc(C(=O)Oc2ccc(-c3nc4cc5sc(-c6ccc(OC(=O)c7cc(OCCCCCCCCCCCCCC)cc(OCCCCCCCCCCCCCC)c7)cc6)nc5cc4s3)cc2)c1. The lowest BCUT2D eigenvalue weighted by atomic mass is 10.1. The third kappa shape index (κ3) is 34.3. The van der Waals surface area contributed by atoms with E-state index in [1.807, 2.05) is 60.7 Å². The van der Waals surface area contributed by atoms with E-state index in [0.717, 1.165) is 92.9 Å². The highest BCUT2D eigenvalue weighted by atomic mass is 32.1. The molecule has 562 valence electrons. The van der Waals surface area contributed by atoms with Gasteiger partial charge in [-0.1, -0.05) is 310 Å². The van der Waals surface area contributed by atoms with Crippen molar-refractivity contribution in [2.45, 2.75) is 336 Å². The van der Waals surface area contributed by atoms with Crippen LogP contribution in [0, 0.1) is 0 Å². The van der Waals surface area contributed by atoms with Crippen LogP contribution in [0.2, 0.25) is 0 Å². The van der Waals surface area contributed by atoms with Gasteiger partial charge in [-0.3, -0.25) is 0 Å². The molecule has 7 rings (SSSR count). The second-order valence-electron chi connectivity index (χ2n) is 29.0. The maximum Gasteiger partial charge on any atom is 0.343 e. The highest BCUT2D eigenvalue weighted by Crippen LogP contribution is 2.38. The van der Waals surface area contributed by atoms with Gasteiger partial charge in [0.25, 0.3) is 0 Å². The van der Waals surface area contributed by atoms with Gasteiger partial charge in [-0.2, -0.15) is 0 Å². The summed E-state index contributed by atoms with van der Waals surface area (Å²) in [6, 6.07) is 30.4. The molecule has 10 nitrogen and oxygen atoms in total. The first-order chi connectivity index (χ1) is 50.3. The van der Waals surface area contributed by atoms with Gasteiger partial charge in [0.1, 0.15) is 44.5 Å². The Hall–Kier alpha value is -5.98. The zero-order valence-electron chi connectivity index (χ0n) is 64.0. The predicted octanol–water partition coefficient (Wildman–Crippen LogP) is 29.0. The van der Waals surface area contributed by atoms with Crippen molar-refractivity contribution < 1.29 is 38.0 Å². The number of hydrogen-bond acceptors (Lipinski definition) is 12. The molecule has 0 aliphatic rings. The number of esters is 2. The molecule has 0 unspecified atom stereocenters. The van der Waals surface area contributed by atoms with Crippen LogP contribution >= 0.6 is 22.7 Å². The normalized spacial score (nSPS) is 11.5. The summed E-state index contributed by atoms with van der Waals surface area (Å²) in [5.41, 5.74) is 4.45. The van der Waals surface area contributed by atoms with Crippen molar-refractivity contribution in [3.8, 4) is 55.6 Å². The van der Waals surface area contributed by atoms with E-state index in [9.17, 15) is 9.59 Å². The summed E-state index contributed by atoms with van der Waals surface area (Å²) in [5, 5.41) is 1.73. The van der Waals surface area contributed by atoms with Gasteiger partial charge in [-0.25, -0.2) is 19.6 Å². The number of carbonyl (C=O) groups is 2. The van der Waals surface area contributed by atoms with Crippen LogP contribution in [-0.4, -0.2) is 48.3 Å². The Labute approximate surface area is 625 Å². The molecule has 0 atom stereocenters. The van der Waals surface area contributed by atoms with Crippen molar-refractivity contribution in [1.82, 2.24) is 9.97 Å². The van der Waals surface area contributed by atoms with E-state index in [4.69, 9.17) is 38.4 Å². The van der Waals surface area contributed by atoms with Crippen LogP contribution in [0.3, 0.4) is 0 Å². The summed E-state index contributed by atoms with van der Waals surface area (Å²) in [6.07, 6.45) is 61.7. The van der Waals surface area contributed by atoms with E-state index >= 15 is 0 Å². The van der Waals surface area contributed by atoms with E-state index in [-0.39, 0.29) is 0 Å². The molecule has 0 N–H and O–H groups in total. The minimum Gasteiger partial charge on any atom is -0.493 e. The number of carbonyl (C=O) groups excluding carboxylic acids is 2. The van der Waals surface area contributed by atoms with Gasteiger partial charge in [0.15, 0.2) is 0 Å². The van der Waals surface area contributed by atoms with Crippen LogP contribution in [0.25, 0.3) is 41.6 Å². The van der Waals surface area contributed by atoms with E-state index in [1.54, 1.807) is 46.9 Å². The minimum atomic E-state index is -0.456. The van der Waals surface area contributed by atoms with Crippen molar-refractivity contribution in [2.75, 3.05) is 26.4 Å². The Balaban J connectivity index is 0.895. The van der Waals surface area contributed by atoms with Crippen LogP contribution in [0.15, 0.2) is 97.1 Å². The fraction of sp³-hybridized carbons (Fsp3) is 0.622. The van der Waals surface area contributed by atoms with Crippen molar-refractivity contribution >= 4 is 55.0 Å². The van der Waals surface area contributed by atoms with Crippen molar-refractivity contribution in [3.63, 3.8) is 0 Å². The number of ether oxygens (including phenoxy) is 6. The number of fused-ring (bicyclic) bond motifs is 2.